The highest BCUT2D eigenvalue weighted by Gasteiger charge is 2.23. The van der Waals surface area contributed by atoms with Crippen molar-refractivity contribution in [3.8, 4) is 0 Å². The molecule has 2 atom stereocenters. The lowest BCUT2D eigenvalue weighted by molar-refractivity contribution is -0.120. The van der Waals surface area contributed by atoms with E-state index in [2.05, 4.69) is 10.6 Å². The number of hydrogen-bond donors (Lipinski definition) is 3. The van der Waals surface area contributed by atoms with Gasteiger partial charge in [-0.2, -0.15) is 0 Å². The number of aliphatic hydroxyl groups excluding tert-OH is 1. The molecule has 0 heterocycles. The fourth-order valence-corrected chi connectivity index (χ4v) is 2.68. The van der Waals surface area contributed by atoms with Gasteiger partial charge < -0.3 is 15.7 Å². The summed E-state index contributed by atoms with van der Waals surface area (Å²) in [5.41, 5.74) is -0.182. The van der Waals surface area contributed by atoms with Crippen molar-refractivity contribution in [1.29, 1.82) is 0 Å². The van der Waals surface area contributed by atoms with Gasteiger partial charge in [0.25, 0.3) is 5.91 Å². The van der Waals surface area contributed by atoms with Crippen LogP contribution in [-0.4, -0.2) is 36.1 Å². The Kier molecular flexibility index (Phi) is 6.04. The topological polar surface area (TPSA) is 78.4 Å². The summed E-state index contributed by atoms with van der Waals surface area (Å²) in [6.45, 7) is 0.0598. The Labute approximate surface area is 133 Å². The average Bonchev–Trinajstić information content (AvgIpc) is 2.51. The van der Waals surface area contributed by atoms with Crippen molar-refractivity contribution in [2.75, 3.05) is 13.1 Å². The highest BCUT2D eigenvalue weighted by Crippen LogP contribution is 2.23. The summed E-state index contributed by atoms with van der Waals surface area (Å²) >= 11 is 0. The molecule has 1 fully saturated rings. The standard InChI is InChI=1S/C16H20F2N2O3/c17-12-5-11(6-13(18)7-12)16(23)20-9-15(22)19-8-10-3-1-2-4-14(10)21/h5-7,10,14,21H,1-4,8-9H2,(H,19,22)(H,20,23)/t10-,14+/m1/s1. The predicted molar refractivity (Wildman–Crippen MR) is 79.7 cm³/mol. The summed E-state index contributed by atoms with van der Waals surface area (Å²) in [7, 11) is 0. The van der Waals surface area contributed by atoms with Gasteiger partial charge in [-0.1, -0.05) is 12.8 Å². The first kappa shape index (κ1) is 17.3. The second-order valence-corrected chi connectivity index (χ2v) is 5.76. The van der Waals surface area contributed by atoms with Crippen LogP contribution in [0.5, 0.6) is 0 Å². The Morgan fingerprint density at radius 2 is 1.74 bits per heavy atom. The molecule has 0 aromatic heterocycles. The van der Waals surface area contributed by atoms with Gasteiger partial charge in [0.15, 0.2) is 0 Å². The number of rotatable bonds is 5. The van der Waals surface area contributed by atoms with Gasteiger partial charge >= 0.3 is 0 Å². The minimum atomic E-state index is -0.856. The molecule has 3 N–H and O–H groups in total. The summed E-state index contributed by atoms with van der Waals surface area (Å²) in [6.07, 6.45) is 3.21. The fraction of sp³-hybridized carbons (Fsp3) is 0.500. The highest BCUT2D eigenvalue weighted by molar-refractivity contribution is 5.96. The molecule has 2 amide bonds. The molecule has 126 valence electrons. The molecule has 1 saturated carbocycles. The highest BCUT2D eigenvalue weighted by atomic mass is 19.1. The smallest absolute Gasteiger partial charge is 0.251 e. The number of carbonyl (C=O) groups is 2. The number of halogens is 2. The molecule has 23 heavy (non-hydrogen) atoms. The number of benzene rings is 1. The van der Waals surface area contributed by atoms with Crippen molar-refractivity contribution >= 4 is 11.8 Å². The molecule has 1 aromatic carbocycles. The van der Waals surface area contributed by atoms with E-state index in [-0.39, 0.29) is 18.0 Å². The van der Waals surface area contributed by atoms with Gasteiger partial charge in [-0.05, 0) is 25.0 Å². The Morgan fingerprint density at radius 3 is 2.39 bits per heavy atom. The Hall–Kier alpha value is -2.02. The second kappa shape index (κ2) is 8.01. The molecule has 0 saturated heterocycles. The van der Waals surface area contributed by atoms with Crippen LogP contribution >= 0.6 is 0 Å². The number of amides is 2. The Morgan fingerprint density at radius 1 is 1.09 bits per heavy atom. The monoisotopic (exact) mass is 326 g/mol. The van der Waals surface area contributed by atoms with Gasteiger partial charge in [0, 0.05) is 24.1 Å². The van der Waals surface area contributed by atoms with E-state index in [1.54, 1.807) is 0 Å². The SMILES string of the molecule is O=C(CNC(=O)c1cc(F)cc(F)c1)NC[C@H]1CCCC[C@@H]1O. The van der Waals surface area contributed by atoms with Gasteiger partial charge in [0.2, 0.25) is 5.91 Å². The lowest BCUT2D eigenvalue weighted by atomic mass is 9.86. The third kappa shape index (κ3) is 5.28. The number of aliphatic hydroxyl groups is 1. The van der Waals surface area contributed by atoms with E-state index in [0.717, 1.165) is 37.8 Å². The summed E-state index contributed by atoms with van der Waals surface area (Å²) in [5, 5.41) is 14.8. The zero-order valence-electron chi connectivity index (χ0n) is 12.6. The van der Waals surface area contributed by atoms with E-state index in [1.807, 2.05) is 0 Å². The van der Waals surface area contributed by atoms with Gasteiger partial charge in [-0.3, -0.25) is 9.59 Å². The maximum Gasteiger partial charge on any atom is 0.251 e. The summed E-state index contributed by atoms with van der Waals surface area (Å²) in [6, 6.07) is 2.46. The number of nitrogens with one attached hydrogen (secondary N) is 2. The van der Waals surface area contributed by atoms with Crippen LogP contribution in [-0.2, 0) is 4.79 Å². The largest absolute Gasteiger partial charge is 0.393 e. The molecule has 0 bridgehead atoms. The molecular formula is C16H20F2N2O3. The zero-order chi connectivity index (χ0) is 16.8. The van der Waals surface area contributed by atoms with Crippen LogP contribution in [0, 0.1) is 17.6 Å². The molecule has 0 aliphatic heterocycles. The van der Waals surface area contributed by atoms with Gasteiger partial charge in [0.1, 0.15) is 11.6 Å². The fourth-order valence-electron chi connectivity index (χ4n) is 2.68. The number of hydrogen-bond acceptors (Lipinski definition) is 3. The van der Waals surface area contributed by atoms with Crippen LogP contribution in [0.2, 0.25) is 0 Å². The molecule has 0 radical (unpaired) electrons. The zero-order valence-corrected chi connectivity index (χ0v) is 12.6. The summed E-state index contributed by atoms with van der Waals surface area (Å²) in [4.78, 5) is 23.5. The van der Waals surface area contributed by atoms with Crippen molar-refractivity contribution in [2.45, 2.75) is 31.8 Å². The van der Waals surface area contributed by atoms with Crippen LogP contribution in [0.4, 0.5) is 8.78 Å². The third-order valence-corrected chi connectivity index (χ3v) is 3.96. The Bertz CT molecular complexity index is 560. The normalized spacial score (nSPS) is 20.8. The van der Waals surface area contributed by atoms with E-state index in [1.165, 1.54) is 0 Å². The van der Waals surface area contributed by atoms with Crippen LogP contribution < -0.4 is 10.6 Å². The second-order valence-electron chi connectivity index (χ2n) is 5.76. The predicted octanol–water partition coefficient (Wildman–Crippen LogP) is 1.36. The molecule has 1 aliphatic rings. The summed E-state index contributed by atoms with van der Waals surface area (Å²) < 4.78 is 26.1. The van der Waals surface area contributed by atoms with Crippen molar-refractivity contribution in [3.05, 3.63) is 35.4 Å². The molecule has 7 heteroatoms. The van der Waals surface area contributed by atoms with E-state index >= 15 is 0 Å². The molecule has 1 aromatic rings. The minimum Gasteiger partial charge on any atom is -0.393 e. The van der Waals surface area contributed by atoms with Crippen LogP contribution in [0.25, 0.3) is 0 Å². The van der Waals surface area contributed by atoms with Crippen LogP contribution in [0.1, 0.15) is 36.0 Å². The van der Waals surface area contributed by atoms with Crippen molar-refractivity contribution in [2.24, 2.45) is 5.92 Å². The Balaban J connectivity index is 1.76. The average molecular weight is 326 g/mol. The van der Waals surface area contributed by atoms with Crippen molar-refractivity contribution in [3.63, 3.8) is 0 Å². The molecule has 5 nitrogen and oxygen atoms in total. The van der Waals surface area contributed by atoms with Gasteiger partial charge in [-0.25, -0.2) is 8.78 Å². The first-order chi connectivity index (χ1) is 11.0. The van der Waals surface area contributed by atoms with E-state index in [4.69, 9.17) is 0 Å². The first-order valence-electron chi connectivity index (χ1n) is 7.65. The van der Waals surface area contributed by atoms with E-state index in [0.29, 0.717) is 12.6 Å². The van der Waals surface area contributed by atoms with Crippen LogP contribution in [0.15, 0.2) is 18.2 Å². The minimum absolute atomic E-state index is 0.0284. The maximum absolute atomic E-state index is 13.0. The van der Waals surface area contributed by atoms with E-state index < -0.39 is 29.6 Å². The lowest BCUT2D eigenvalue weighted by Crippen LogP contribution is -2.41. The van der Waals surface area contributed by atoms with E-state index in [9.17, 15) is 23.5 Å². The quantitative estimate of drug-likeness (QED) is 0.764. The molecular weight excluding hydrogens is 306 g/mol. The molecule has 1 aliphatic carbocycles. The van der Waals surface area contributed by atoms with Crippen molar-refractivity contribution < 1.29 is 23.5 Å². The van der Waals surface area contributed by atoms with Crippen molar-refractivity contribution in [1.82, 2.24) is 10.6 Å². The number of carbonyl (C=O) groups excluding carboxylic acids is 2. The first-order valence-corrected chi connectivity index (χ1v) is 7.65. The van der Waals surface area contributed by atoms with Gasteiger partial charge in [0.05, 0.1) is 12.6 Å². The molecule has 0 unspecified atom stereocenters. The molecule has 0 spiro atoms. The summed E-state index contributed by atoms with van der Waals surface area (Å²) in [5.74, 6) is -2.82. The lowest BCUT2D eigenvalue weighted by Gasteiger charge is -2.27. The third-order valence-electron chi connectivity index (χ3n) is 3.96. The van der Waals surface area contributed by atoms with Gasteiger partial charge in [-0.15, -0.1) is 0 Å². The maximum atomic E-state index is 13.0. The molecule has 2 rings (SSSR count). The van der Waals surface area contributed by atoms with Crippen LogP contribution in [0.3, 0.4) is 0 Å².